The zero-order chi connectivity index (χ0) is 20.2. The van der Waals surface area contributed by atoms with Crippen LogP contribution >= 0.6 is 23.6 Å². The lowest BCUT2D eigenvalue weighted by Gasteiger charge is -2.13. The predicted molar refractivity (Wildman–Crippen MR) is 125 cm³/mol. The molecule has 4 aromatic rings. The maximum Gasteiger partial charge on any atom is 0.163 e. The lowest BCUT2D eigenvalue weighted by atomic mass is 10.1. The van der Waals surface area contributed by atoms with Crippen LogP contribution in [0.25, 0.3) is 21.7 Å². The standard InChI is InChI=1S/C23H24N4S2/c1-3-16(2)14-24-21-19-22(26-20(25-21)18-12-8-5-9-13-18)27(23(28)29-19)15-17-10-6-4-7-11-17/h4-13,16H,3,14-15H2,1-2H3,(H,24,25,26). The summed E-state index contributed by atoms with van der Waals surface area (Å²) in [7, 11) is 0. The molecule has 29 heavy (non-hydrogen) atoms. The van der Waals surface area contributed by atoms with E-state index in [1.54, 1.807) is 11.3 Å². The van der Waals surface area contributed by atoms with E-state index in [-0.39, 0.29) is 0 Å². The third-order valence-corrected chi connectivity index (χ3v) is 6.49. The van der Waals surface area contributed by atoms with Crippen molar-refractivity contribution in [2.45, 2.75) is 26.8 Å². The molecule has 0 radical (unpaired) electrons. The molecule has 148 valence electrons. The third kappa shape index (κ3) is 4.38. The van der Waals surface area contributed by atoms with Gasteiger partial charge in [0, 0.05) is 12.1 Å². The van der Waals surface area contributed by atoms with E-state index in [1.165, 1.54) is 5.56 Å². The van der Waals surface area contributed by atoms with E-state index in [4.69, 9.17) is 22.2 Å². The Balaban J connectivity index is 1.84. The highest BCUT2D eigenvalue weighted by Crippen LogP contribution is 2.31. The monoisotopic (exact) mass is 420 g/mol. The minimum atomic E-state index is 0.569. The van der Waals surface area contributed by atoms with Gasteiger partial charge in [0.1, 0.15) is 10.5 Å². The largest absolute Gasteiger partial charge is 0.368 e. The van der Waals surface area contributed by atoms with Gasteiger partial charge in [0.05, 0.1) is 6.54 Å². The zero-order valence-electron chi connectivity index (χ0n) is 16.6. The fourth-order valence-corrected chi connectivity index (χ4v) is 4.40. The van der Waals surface area contributed by atoms with Crippen LogP contribution in [-0.4, -0.2) is 21.1 Å². The minimum absolute atomic E-state index is 0.569. The molecule has 1 N–H and O–H groups in total. The second-order valence-electron chi connectivity index (χ2n) is 7.25. The van der Waals surface area contributed by atoms with E-state index >= 15 is 0 Å². The average molecular weight is 421 g/mol. The molecule has 4 rings (SSSR count). The average Bonchev–Trinajstić information content (AvgIpc) is 3.08. The van der Waals surface area contributed by atoms with E-state index in [1.807, 2.05) is 36.4 Å². The molecule has 0 aliphatic carbocycles. The molecule has 0 amide bonds. The highest BCUT2D eigenvalue weighted by atomic mass is 32.1. The first-order valence-electron chi connectivity index (χ1n) is 9.90. The summed E-state index contributed by atoms with van der Waals surface area (Å²) >= 11 is 7.29. The van der Waals surface area contributed by atoms with Crippen molar-refractivity contribution in [2.75, 3.05) is 11.9 Å². The molecular formula is C23H24N4S2. The van der Waals surface area contributed by atoms with Gasteiger partial charge in [-0.2, -0.15) is 0 Å². The number of aromatic nitrogens is 3. The van der Waals surface area contributed by atoms with Crippen LogP contribution in [0.5, 0.6) is 0 Å². The van der Waals surface area contributed by atoms with Gasteiger partial charge < -0.3 is 9.88 Å². The van der Waals surface area contributed by atoms with Gasteiger partial charge in [0.15, 0.2) is 15.4 Å². The van der Waals surface area contributed by atoms with Gasteiger partial charge in [-0.25, -0.2) is 9.97 Å². The highest BCUT2D eigenvalue weighted by Gasteiger charge is 2.16. The number of benzene rings is 2. The summed E-state index contributed by atoms with van der Waals surface area (Å²) < 4.78 is 3.96. The van der Waals surface area contributed by atoms with Crippen molar-refractivity contribution in [3.8, 4) is 11.4 Å². The zero-order valence-corrected chi connectivity index (χ0v) is 18.3. The lowest BCUT2D eigenvalue weighted by molar-refractivity contribution is 0.593. The predicted octanol–water partition coefficient (Wildman–Crippen LogP) is 6.40. The van der Waals surface area contributed by atoms with E-state index in [0.717, 1.165) is 44.5 Å². The first-order valence-corrected chi connectivity index (χ1v) is 11.1. The number of nitrogens with one attached hydrogen (secondary N) is 1. The van der Waals surface area contributed by atoms with E-state index in [2.05, 4.69) is 48.0 Å². The van der Waals surface area contributed by atoms with Crippen molar-refractivity contribution < 1.29 is 0 Å². The van der Waals surface area contributed by atoms with Gasteiger partial charge in [0.2, 0.25) is 0 Å². The van der Waals surface area contributed by atoms with Crippen LogP contribution in [0.15, 0.2) is 60.7 Å². The molecule has 2 aromatic heterocycles. The van der Waals surface area contributed by atoms with E-state index in [9.17, 15) is 0 Å². The number of thiazole rings is 1. The first kappa shape index (κ1) is 19.7. The molecule has 0 saturated carbocycles. The Morgan fingerprint density at radius 3 is 2.41 bits per heavy atom. The Hall–Kier alpha value is -2.57. The second kappa shape index (κ2) is 8.84. The molecule has 0 saturated heterocycles. The van der Waals surface area contributed by atoms with Crippen molar-refractivity contribution in [3.63, 3.8) is 0 Å². The van der Waals surface area contributed by atoms with E-state index < -0.39 is 0 Å². The van der Waals surface area contributed by atoms with Crippen LogP contribution in [0.3, 0.4) is 0 Å². The second-order valence-corrected chi connectivity index (χ2v) is 8.89. The molecule has 2 heterocycles. The quantitative estimate of drug-likeness (QED) is 0.352. The fourth-order valence-electron chi connectivity index (χ4n) is 3.10. The number of rotatable bonds is 7. The summed E-state index contributed by atoms with van der Waals surface area (Å²) in [6.45, 7) is 6.03. The van der Waals surface area contributed by atoms with Crippen molar-refractivity contribution in [3.05, 3.63) is 70.2 Å². The first-order chi connectivity index (χ1) is 14.2. The fraction of sp³-hybridized carbons (Fsp3) is 0.261. The molecule has 0 aliphatic heterocycles. The molecule has 4 nitrogen and oxygen atoms in total. The summed E-state index contributed by atoms with van der Waals surface area (Å²) in [5.41, 5.74) is 3.10. The van der Waals surface area contributed by atoms with Crippen LogP contribution < -0.4 is 5.32 Å². The smallest absolute Gasteiger partial charge is 0.163 e. The van der Waals surface area contributed by atoms with Gasteiger partial charge in [-0.3, -0.25) is 0 Å². The topological polar surface area (TPSA) is 42.7 Å². The lowest BCUT2D eigenvalue weighted by Crippen LogP contribution is -2.12. The summed E-state index contributed by atoms with van der Waals surface area (Å²) in [6, 6.07) is 20.5. The Morgan fingerprint density at radius 1 is 1.03 bits per heavy atom. The van der Waals surface area contributed by atoms with Crippen LogP contribution in [0, 0.1) is 9.87 Å². The molecule has 6 heteroatoms. The summed E-state index contributed by atoms with van der Waals surface area (Å²) in [4.78, 5) is 9.79. The van der Waals surface area contributed by atoms with Gasteiger partial charge in [-0.15, -0.1) is 0 Å². The molecule has 1 unspecified atom stereocenters. The van der Waals surface area contributed by atoms with E-state index in [0.29, 0.717) is 12.5 Å². The molecular weight excluding hydrogens is 396 g/mol. The van der Waals surface area contributed by atoms with Crippen LogP contribution in [0.2, 0.25) is 0 Å². The molecule has 0 spiro atoms. The van der Waals surface area contributed by atoms with Gasteiger partial charge >= 0.3 is 0 Å². The molecule has 1 atom stereocenters. The maximum absolute atomic E-state index is 5.72. The maximum atomic E-state index is 5.72. The van der Waals surface area contributed by atoms with Crippen LogP contribution in [0.4, 0.5) is 5.82 Å². The number of fused-ring (bicyclic) bond motifs is 1. The van der Waals surface area contributed by atoms with Crippen LogP contribution in [0.1, 0.15) is 25.8 Å². The molecule has 0 fully saturated rings. The number of hydrogen-bond acceptors (Lipinski definition) is 5. The number of hydrogen-bond donors (Lipinski definition) is 1. The Bertz CT molecular complexity index is 1150. The van der Waals surface area contributed by atoms with Crippen LogP contribution in [-0.2, 0) is 6.54 Å². The highest BCUT2D eigenvalue weighted by molar-refractivity contribution is 7.73. The van der Waals surface area contributed by atoms with Crippen molar-refractivity contribution >= 4 is 39.7 Å². The van der Waals surface area contributed by atoms with Gasteiger partial charge in [0.25, 0.3) is 0 Å². The Morgan fingerprint density at radius 2 is 1.72 bits per heavy atom. The SMILES string of the molecule is CCC(C)CNc1nc(-c2ccccc2)nc2c1sc(=S)n2Cc1ccccc1. The number of anilines is 1. The van der Waals surface area contributed by atoms with Gasteiger partial charge in [-0.1, -0.05) is 92.3 Å². The van der Waals surface area contributed by atoms with Gasteiger partial charge in [-0.05, 0) is 23.7 Å². The molecule has 2 aromatic carbocycles. The normalized spacial score (nSPS) is 12.2. The van der Waals surface area contributed by atoms with Crippen molar-refractivity contribution in [1.29, 1.82) is 0 Å². The third-order valence-electron chi connectivity index (χ3n) is 5.04. The Kier molecular flexibility index (Phi) is 6.02. The van der Waals surface area contributed by atoms with Crippen molar-refractivity contribution in [1.82, 2.24) is 14.5 Å². The molecule has 0 aliphatic rings. The molecule has 0 bridgehead atoms. The summed E-state index contributed by atoms with van der Waals surface area (Å²) in [5.74, 6) is 2.16. The minimum Gasteiger partial charge on any atom is -0.368 e. The Labute approximate surface area is 180 Å². The number of nitrogens with zero attached hydrogens (tertiary/aromatic N) is 3. The summed E-state index contributed by atoms with van der Waals surface area (Å²) in [5, 5.41) is 3.55. The van der Waals surface area contributed by atoms with Crippen molar-refractivity contribution in [2.24, 2.45) is 5.92 Å². The summed E-state index contributed by atoms with van der Waals surface area (Å²) in [6.07, 6.45) is 1.12.